The Labute approximate surface area is 352 Å². The fraction of sp³-hybridized carbons (Fsp3) is 0.540. The molecule has 0 aliphatic rings. The van der Waals surface area contributed by atoms with E-state index < -0.39 is 18.1 Å². The lowest BCUT2D eigenvalue weighted by atomic mass is 10.1. The minimum atomic E-state index is -1.14. The highest BCUT2D eigenvalue weighted by Gasteiger charge is 2.25. The molecule has 0 saturated carbocycles. The molecule has 0 aromatic rings. The summed E-state index contributed by atoms with van der Waals surface area (Å²) in [4.78, 5) is 36.9. The van der Waals surface area contributed by atoms with Crippen molar-refractivity contribution in [1.29, 1.82) is 0 Å². The van der Waals surface area contributed by atoms with Crippen LogP contribution in [0, 0.1) is 0 Å². The summed E-state index contributed by atoms with van der Waals surface area (Å²) in [6.07, 6.45) is 55.0. The Morgan fingerprint density at radius 3 is 1.36 bits per heavy atom. The van der Waals surface area contributed by atoms with E-state index in [0.717, 1.165) is 64.2 Å². The number of unbranched alkanes of at least 4 members (excludes halogenated alkanes) is 10. The third kappa shape index (κ3) is 37.3. The summed E-state index contributed by atoms with van der Waals surface area (Å²) in [5, 5.41) is 11.6. The first-order valence-corrected chi connectivity index (χ1v) is 21.7. The molecule has 8 heteroatoms. The zero-order chi connectivity index (χ0) is 42.8. The SMILES string of the molecule is CC/C=C/C=C/C=C/C=C/C=C/C=C/C=C/CCCCCC(=O)OCC(COCCC(C(=O)[O-])[N+](C)(C)C)OC(=O)CCCCCCCCC/C=C/C=C/C=C/CC. The fourth-order valence-corrected chi connectivity index (χ4v) is 5.52. The topological polar surface area (TPSA) is 102 Å². The number of carboxylic acids is 1. The van der Waals surface area contributed by atoms with Gasteiger partial charge in [0.2, 0.25) is 0 Å². The van der Waals surface area contributed by atoms with Gasteiger partial charge in [-0.05, 0) is 51.4 Å². The molecule has 0 rings (SSSR count). The molecule has 2 unspecified atom stereocenters. The number of hydrogen-bond donors (Lipinski definition) is 0. The first-order chi connectivity index (χ1) is 28.1. The van der Waals surface area contributed by atoms with Crippen LogP contribution in [-0.4, -0.2) is 75.5 Å². The number of nitrogens with zero attached hydrogens (tertiary/aromatic N) is 1. The van der Waals surface area contributed by atoms with Gasteiger partial charge < -0.3 is 28.6 Å². The predicted molar refractivity (Wildman–Crippen MR) is 240 cm³/mol. The highest BCUT2D eigenvalue weighted by atomic mass is 16.6. The molecule has 0 heterocycles. The molecule has 324 valence electrons. The third-order valence-corrected chi connectivity index (χ3v) is 8.85. The molecular weight excluding hydrogens is 727 g/mol. The average Bonchev–Trinajstić information content (AvgIpc) is 3.18. The number of likely N-dealkylation sites (N-methyl/N-ethyl adjacent to an activating group) is 1. The van der Waals surface area contributed by atoms with Crippen LogP contribution in [0.15, 0.2) is 122 Å². The van der Waals surface area contributed by atoms with Crippen molar-refractivity contribution in [3.8, 4) is 0 Å². The highest BCUT2D eigenvalue weighted by molar-refractivity contribution is 5.70. The van der Waals surface area contributed by atoms with Crippen molar-refractivity contribution in [3.05, 3.63) is 122 Å². The van der Waals surface area contributed by atoms with Crippen LogP contribution in [0.3, 0.4) is 0 Å². The van der Waals surface area contributed by atoms with Gasteiger partial charge in [0, 0.05) is 19.3 Å². The van der Waals surface area contributed by atoms with Gasteiger partial charge in [0.25, 0.3) is 0 Å². The molecule has 0 N–H and O–H groups in total. The van der Waals surface area contributed by atoms with Crippen LogP contribution >= 0.6 is 0 Å². The molecule has 0 bridgehead atoms. The van der Waals surface area contributed by atoms with E-state index in [1.165, 1.54) is 19.3 Å². The van der Waals surface area contributed by atoms with Crippen LogP contribution in [0.1, 0.15) is 123 Å². The quantitative estimate of drug-likeness (QED) is 0.0269. The average molecular weight is 804 g/mol. The Morgan fingerprint density at radius 2 is 0.914 bits per heavy atom. The molecule has 0 amide bonds. The maximum Gasteiger partial charge on any atom is 0.306 e. The number of rotatable bonds is 36. The maximum atomic E-state index is 12.7. The molecule has 2 atom stereocenters. The number of aliphatic carboxylic acids is 1. The summed E-state index contributed by atoms with van der Waals surface area (Å²) < 4.78 is 17.1. The number of quaternary nitrogens is 1. The minimum absolute atomic E-state index is 0.0111. The van der Waals surface area contributed by atoms with Gasteiger partial charge in [0.15, 0.2) is 6.10 Å². The van der Waals surface area contributed by atoms with Crippen molar-refractivity contribution in [3.63, 3.8) is 0 Å². The molecule has 8 nitrogen and oxygen atoms in total. The van der Waals surface area contributed by atoms with Gasteiger partial charge >= 0.3 is 11.9 Å². The standard InChI is InChI=1S/C50H77NO7/c1-6-8-10-12-14-16-18-20-22-23-24-25-27-28-30-32-34-36-38-40-48(52)57-45-46(44-56-43-42-47(50(54)55)51(3,4)5)58-49(53)41-39-37-35-33-31-29-26-21-19-17-15-13-11-9-7-2/h8-20,22-25,27-28,30,46-47H,6-7,21,26,29,31-45H2,1-5H3/b10-8+,11-9+,14-12+,15-13+,18-16+,19-17+,22-20+,24-23+,27-25+,30-28+. The van der Waals surface area contributed by atoms with Gasteiger partial charge in [-0.3, -0.25) is 9.59 Å². The largest absolute Gasteiger partial charge is 0.544 e. The molecule has 0 radical (unpaired) electrons. The second-order valence-corrected chi connectivity index (χ2v) is 15.1. The molecule has 0 saturated heterocycles. The van der Waals surface area contributed by atoms with E-state index in [4.69, 9.17) is 14.2 Å². The highest BCUT2D eigenvalue weighted by Crippen LogP contribution is 2.13. The van der Waals surface area contributed by atoms with Crippen LogP contribution < -0.4 is 5.11 Å². The van der Waals surface area contributed by atoms with Gasteiger partial charge in [-0.1, -0.05) is 174 Å². The van der Waals surface area contributed by atoms with Gasteiger partial charge in [0.1, 0.15) is 12.6 Å². The first-order valence-electron chi connectivity index (χ1n) is 21.7. The fourth-order valence-electron chi connectivity index (χ4n) is 5.52. The lowest BCUT2D eigenvalue weighted by Gasteiger charge is -2.34. The van der Waals surface area contributed by atoms with Crippen LogP contribution in [-0.2, 0) is 28.6 Å². The van der Waals surface area contributed by atoms with Crippen molar-refractivity contribution in [2.24, 2.45) is 0 Å². The molecule has 0 aromatic heterocycles. The van der Waals surface area contributed by atoms with E-state index in [1.54, 1.807) is 21.1 Å². The Bertz CT molecular complexity index is 1350. The van der Waals surface area contributed by atoms with Crippen LogP contribution in [0.2, 0.25) is 0 Å². The first kappa shape index (κ1) is 53.7. The van der Waals surface area contributed by atoms with Crippen molar-refractivity contribution in [2.45, 2.75) is 135 Å². The van der Waals surface area contributed by atoms with Gasteiger partial charge in [-0.25, -0.2) is 0 Å². The molecule has 0 aliphatic heterocycles. The van der Waals surface area contributed by atoms with E-state index in [0.29, 0.717) is 6.42 Å². The normalized spacial score (nSPS) is 14.2. The van der Waals surface area contributed by atoms with Crippen LogP contribution in [0.4, 0.5) is 0 Å². The van der Waals surface area contributed by atoms with Crippen molar-refractivity contribution in [1.82, 2.24) is 0 Å². The lowest BCUT2D eigenvalue weighted by Crippen LogP contribution is -2.55. The van der Waals surface area contributed by atoms with E-state index in [-0.39, 0.29) is 55.5 Å². The summed E-state index contributed by atoms with van der Waals surface area (Å²) in [5.74, 6) is -1.83. The Balaban J connectivity index is 4.51. The van der Waals surface area contributed by atoms with Gasteiger partial charge in [-0.15, -0.1) is 0 Å². The van der Waals surface area contributed by atoms with Crippen molar-refractivity contribution < 1.29 is 38.2 Å². The van der Waals surface area contributed by atoms with Crippen LogP contribution in [0.25, 0.3) is 0 Å². The Kier molecular flexibility index (Phi) is 36.6. The number of ether oxygens (including phenoxy) is 3. The van der Waals surface area contributed by atoms with E-state index in [2.05, 4.69) is 62.5 Å². The summed E-state index contributed by atoms with van der Waals surface area (Å²) >= 11 is 0. The number of allylic oxidation sites excluding steroid dienone is 20. The van der Waals surface area contributed by atoms with Gasteiger partial charge in [-0.2, -0.15) is 0 Å². The molecule has 58 heavy (non-hydrogen) atoms. The predicted octanol–water partition coefficient (Wildman–Crippen LogP) is 10.5. The number of esters is 2. The second-order valence-electron chi connectivity index (χ2n) is 15.1. The number of carboxylic acid groups (broad SMARTS) is 1. The van der Waals surface area contributed by atoms with Crippen molar-refractivity contribution in [2.75, 3.05) is 41.0 Å². The summed E-state index contributed by atoms with van der Waals surface area (Å²) in [5.41, 5.74) is 0. The number of hydrogen-bond acceptors (Lipinski definition) is 7. The minimum Gasteiger partial charge on any atom is -0.544 e. The molecule has 0 fully saturated rings. The lowest BCUT2D eigenvalue weighted by molar-refractivity contribution is -0.889. The summed E-state index contributed by atoms with van der Waals surface area (Å²) in [7, 11) is 5.37. The molecule has 0 spiro atoms. The molecule has 0 aliphatic carbocycles. The van der Waals surface area contributed by atoms with Crippen LogP contribution in [0.5, 0.6) is 0 Å². The number of carbonyl (C=O) groups is 3. The monoisotopic (exact) mass is 804 g/mol. The van der Waals surface area contributed by atoms with Crippen molar-refractivity contribution >= 4 is 17.9 Å². The zero-order valence-electron chi connectivity index (χ0n) is 36.6. The molecular formula is C50H77NO7. The smallest absolute Gasteiger partial charge is 0.306 e. The Morgan fingerprint density at radius 1 is 0.517 bits per heavy atom. The van der Waals surface area contributed by atoms with E-state index >= 15 is 0 Å². The summed E-state index contributed by atoms with van der Waals surface area (Å²) in [6, 6.07) is -0.744. The van der Waals surface area contributed by atoms with Gasteiger partial charge in [0.05, 0.1) is 40.3 Å². The maximum absolute atomic E-state index is 12.7. The summed E-state index contributed by atoms with van der Waals surface area (Å²) in [6.45, 7) is 4.29. The second kappa shape index (κ2) is 39.6. The molecule has 0 aromatic carbocycles. The Hall–Kier alpha value is -4.27. The zero-order valence-corrected chi connectivity index (χ0v) is 36.6. The van der Waals surface area contributed by atoms with E-state index in [1.807, 2.05) is 72.9 Å². The third-order valence-electron chi connectivity index (χ3n) is 8.85. The number of carbonyl (C=O) groups excluding carboxylic acids is 3. The van der Waals surface area contributed by atoms with E-state index in [9.17, 15) is 19.5 Å².